The fourth-order valence-corrected chi connectivity index (χ4v) is 3.02. The molecule has 2 aromatic rings. The van der Waals surface area contributed by atoms with Crippen LogP contribution in [0.15, 0.2) is 30.5 Å². The van der Waals surface area contributed by atoms with Crippen LogP contribution < -0.4 is 0 Å². The summed E-state index contributed by atoms with van der Waals surface area (Å²) in [6, 6.07) is 7.26. The molecule has 0 radical (unpaired) electrons. The number of likely N-dealkylation sites (tertiary alicyclic amines) is 1. The van der Waals surface area contributed by atoms with Crippen molar-refractivity contribution >= 4 is 23.5 Å². The molecule has 1 amide bonds. The van der Waals surface area contributed by atoms with E-state index >= 15 is 0 Å². The fraction of sp³-hybridized carbons (Fsp3) is 0.312. The summed E-state index contributed by atoms with van der Waals surface area (Å²) < 4.78 is 1.63. The van der Waals surface area contributed by atoms with Crippen LogP contribution >= 0.6 is 11.6 Å². The Kier molecular flexibility index (Phi) is 4.09. The van der Waals surface area contributed by atoms with E-state index in [4.69, 9.17) is 16.7 Å². The molecule has 23 heavy (non-hydrogen) atoms. The molecule has 0 saturated carbocycles. The molecular formula is C16H16ClN3O3. The largest absolute Gasteiger partial charge is 0.481 e. The van der Waals surface area contributed by atoms with Gasteiger partial charge in [0.05, 0.1) is 34.1 Å². The minimum absolute atomic E-state index is 0.190. The number of para-hydroxylation sites is 1. The standard InChI is InChI=1S/C16H16ClN3O3/c1-10-12(15(21)19-7-6-11(9-19)16(22)23)8-18-20(10)14-5-3-2-4-13(14)17/h2-5,8,11H,6-7,9H2,1H3,(H,22,23). The third-order valence-corrected chi connectivity index (χ3v) is 4.47. The second-order valence-electron chi connectivity index (χ2n) is 5.58. The predicted molar refractivity (Wildman–Crippen MR) is 85.0 cm³/mol. The lowest BCUT2D eigenvalue weighted by Crippen LogP contribution is -2.30. The highest BCUT2D eigenvalue weighted by Crippen LogP contribution is 2.24. The second kappa shape index (κ2) is 6.04. The monoisotopic (exact) mass is 333 g/mol. The number of nitrogens with zero attached hydrogens (tertiary/aromatic N) is 3. The molecule has 1 atom stereocenters. The van der Waals surface area contributed by atoms with Gasteiger partial charge in [0.15, 0.2) is 0 Å². The van der Waals surface area contributed by atoms with Gasteiger partial charge in [-0.15, -0.1) is 0 Å². The number of halogens is 1. The number of benzene rings is 1. The lowest BCUT2D eigenvalue weighted by Gasteiger charge is -2.15. The van der Waals surface area contributed by atoms with Gasteiger partial charge in [-0.05, 0) is 25.5 Å². The highest BCUT2D eigenvalue weighted by atomic mass is 35.5. The quantitative estimate of drug-likeness (QED) is 0.935. The fourth-order valence-electron chi connectivity index (χ4n) is 2.80. The van der Waals surface area contributed by atoms with Crippen molar-refractivity contribution in [1.82, 2.24) is 14.7 Å². The molecule has 1 aliphatic heterocycles. The Morgan fingerprint density at radius 1 is 1.35 bits per heavy atom. The van der Waals surface area contributed by atoms with Gasteiger partial charge in [-0.1, -0.05) is 23.7 Å². The molecule has 1 fully saturated rings. The summed E-state index contributed by atoms with van der Waals surface area (Å²) in [7, 11) is 0. The first kappa shape index (κ1) is 15.6. The first-order chi connectivity index (χ1) is 11.0. The lowest BCUT2D eigenvalue weighted by molar-refractivity contribution is -0.141. The Morgan fingerprint density at radius 2 is 2.09 bits per heavy atom. The van der Waals surface area contributed by atoms with Crippen LogP contribution in [0, 0.1) is 12.8 Å². The number of aliphatic carboxylic acids is 1. The van der Waals surface area contributed by atoms with Crippen LogP contribution in [0.2, 0.25) is 5.02 Å². The Labute approximate surface area is 138 Å². The van der Waals surface area contributed by atoms with Gasteiger partial charge >= 0.3 is 5.97 Å². The average molecular weight is 334 g/mol. The Balaban J connectivity index is 1.87. The number of amides is 1. The van der Waals surface area contributed by atoms with Crippen molar-refractivity contribution in [2.75, 3.05) is 13.1 Å². The molecule has 2 heterocycles. The van der Waals surface area contributed by atoms with E-state index in [1.165, 1.54) is 6.20 Å². The molecule has 1 saturated heterocycles. The number of hydrogen-bond acceptors (Lipinski definition) is 3. The van der Waals surface area contributed by atoms with E-state index < -0.39 is 11.9 Å². The molecule has 0 spiro atoms. The van der Waals surface area contributed by atoms with Crippen LogP contribution in [0.3, 0.4) is 0 Å². The number of carboxylic acid groups (broad SMARTS) is 1. The van der Waals surface area contributed by atoms with Crippen molar-refractivity contribution in [1.29, 1.82) is 0 Å². The van der Waals surface area contributed by atoms with Crippen LogP contribution in [0.5, 0.6) is 0 Å². The molecule has 1 aromatic heterocycles. The minimum Gasteiger partial charge on any atom is -0.481 e. The zero-order valence-electron chi connectivity index (χ0n) is 12.6. The van der Waals surface area contributed by atoms with Gasteiger partial charge in [0.25, 0.3) is 5.91 Å². The molecule has 1 aliphatic rings. The molecule has 0 bridgehead atoms. The molecule has 7 heteroatoms. The van der Waals surface area contributed by atoms with Crippen molar-refractivity contribution in [3.05, 3.63) is 46.7 Å². The smallest absolute Gasteiger partial charge is 0.308 e. The van der Waals surface area contributed by atoms with E-state index in [9.17, 15) is 9.59 Å². The van der Waals surface area contributed by atoms with Gasteiger partial charge in [0.1, 0.15) is 0 Å². The molecule has 1 unspecified atom stereocenters. The van der Waals surface area contributed by atoms with Crippen molar-refractivity contribution in [3.63, 3.8) is 0 Å². The van der Waals surface area contributed by atoms with Crippen LogP contribution in [0.25, 0.3) is 5.69 Å². The van der Waals surface area contributed by atoms with E-state index in [-0.39, 0.29) is 12.5 Å². The van der Waals surface area contributed by atoms with Gasteiger partial charge in [-0.25, -0.2) is 4.68 Å². The van der Waals surface area contributed by atoms with Gasteiger partial charge < -0.3 is 10.0 Å². The maximum absolute atomic E-state index is 12.6. The van der Waals surface area contributed by atoms with Gasteiger partial charge in [-0.2, -0.15) is 5.10 Å². The summed E-state index contributed by atoms with van der Waals surface area (Å²) in [4.78, 5) is 25.2. The number of carbonyl (C=O) groups is 2. The van der Waals surface area contributed by atoms with Crippen molar-refractivity contribution in [2.24, 2.45) is 5.92 Å². The normalized spacial score (nSPS) is 17.5. The highest BCUT2D eigenvalue weighted by molar-refractivity contribution is 6.32. The summed E-state index contributed by atoms with van der Waals surface area (Å²) in [5, 5.41) is 13.9. The second-order valence-corrected chi connectivity index (χ2v) is 5.99. The Hall–Kier alpha value is -2.34. The molecular weight excluding hydrogens is 318 g/mol. The number of rotatable bonds is 3. The van der Waals surface area contributed by atoms with Crippen molar-refractivity contribution < 1.29 is 14.7 Å². The lowest BCUT2D eigenvalue weighted by atomic mass is 10.1. The number of carbonyl (C=O) groups excluding carboxylic acids is 1. The molecule has 1 N–H and O–H groups in total. The topological polar surface area (TPSA) is 75.4 Å². The summed E-state index contributed by atoms with van der Waals surface area (Å²) in [6.45, 7) is 2.49. The van der Waals surface area contributed by atoms with Crippen LogP contribution in [0.4, 0.5) is 0 Å². The van der Waals surface area contributed by atoms with Crippen molar-refractivity contribution in [3.8, 4) is 5.69 Å². The van der Waals surface area contributed by atoms with Crippen LogP contribution in [-0.4, -0.2) is 44.8 Å². The van der Waals surface area contributed by atoms with Gasteiger partial charge in [0, 0.05) is 13.1 Å². The molecule has 1 aromatic carbocycles. The van der Waals surface area contributed by atoms with E-state index in [0.717, 1.165) is 0 Å². The van der Waals surface area contributed by atoms with Gasteiger partial charge in [-0.3, -0.25) is 9.59 Å². The van der Waals surface area contributed by atoms with E-state index in [1.807, 2.05) is 18.2 Å². The summed E-state index contributed by atoms with van der Waals surface area (Å²) >= 11 is 6.18. The van der Waals surface area contributed by atoms with Crippen molar-refractivity contribution in [2.45, 2.75) is 13.3 Å². The predicted octanol–water partition coefficient (Wildman–Crippen LogP) is 2.38. The number of aromatic nitrogens is 2. The first-order valence-electron chi connectivity index (χ1n) is 7.30. The summed E-state index contributed by atoms with van der Waals surface area (Å²) in [5.74, 6) is -1.54. The SMILES string of the molecule is Cc1c(C(=O)N2CCC(C(=O)O)C2)cnn1-c1ccccc1Cl. The zero-order valence-corrected chi connectivity index (χ0v) is 13.3. The first-order valence-corrected chi connectivity index (χ1v) is 7.68. The third kappa shape index (κ3) is 2.82. The minimum atomic E-state index is -0.858. The van der Waals surface area contributed by atoms with Gasteiger partial charge in [0.2, 0.25) is 0 Å². The zero-order chi connectivity index (χ0) is 16.6. The molecule has 120 valence electrons. The number of carboxylic acids is 1. The molecule has 3 rings (SSSR count). The summed E-state index contributed by atoms with van der Waals surface area (Å²) in [6.07, 6.45) is 1.99. The Bertz CT molecular complexity index is 772. The summed E-state index contributed by atoms with van der Waals surface area (Å²) in [5.41, 5.74) is 1.85. The maximum atomic E-state index is 12.6. The highest BCUT2D eigenvalue weighted by Gasteiger charge is 2.32. The average Bonchev–Trinajstić information content (AvgIpc) is 3.14. The molecule has 6 nitrogen and oxygen atoms in total. The van der Waals surface area contributed by atoms with E-state index in [0.29, 0.717) is 34.9 Å². The number of hydrogen-bond donors (Lipinski definition) is 1. The van der Waals surface area contributed by atoms with E-state index in [1.54, 1.807) is 22.6 Å². The van der Waals surface area contributed by atoms with E-state index in [2.05, 4.69) is 5.10 Å². The maximum Gasteiger partial charge on any atom is 0.308 e. The van der Waals surface area contributed by atoms with Crippen LogP contribution in [-0.2, 0) is 4.79 Å². The van der Waals surface area contributed by atoms with Crippen LogP contribution in [0.1, 0.15) is 22.5 Å². The molecule has 0 aliphatic carbocycles. The Morgan fingerprint density at radius 3 is 2.74 bits per heavy atom. The third-order valence-electron chi connectivity index (χ3n) is 4.15.